The number of hydroxylamine groups is 1. The van der Waals surface area contributed by atoms with Gasteiger partial charge in [0.1, 0.15) is 23.7 Å². The maximum Gasteiger partial charge on any atom is 0.408 e. The van der Waals surface area contributed by atoms with Gasteiger partial charge in [0, 0.05) is 44.4 Å². The molecule has 0 spiro atoms. The number of piperidine rings is 1. The molecule has 4 rings (SSSR count). The smallest absolute Gasteiger partial charge is 0.408 e. The Kier molecular flexibility index (Phi) is 7.35. The summed E-state index contributed by atoms with van der Waals surface area (Å²) in [5.74, 6) is -2.93. The minimum absolute atomic E-state index is 0.0346. The monoisotopic (exact) mass is 486 g/mol. The molecule has 10 nitrogen and oxygen atoms in total. The molecular formula is C24H27FN4O6. The molecule has 0 aliphatic carbocycles. The lowest BCUT2D eigenvalue weighted by Gasteiger charge is -2.44. The summed E-state index contributed by atoms with van der Waals surface area (Å²) in [6.45, 7) is 1.62. The molecule has 0 unspecified atom stereocenters. The summed E-state index contributed by atoms with van der Waals surface area (Å²) in [4.78, 5) is 42.7. The molecule has 3 N–H and O–H groups in total. The lowest BCUT2D eigenvalue weighted by atomic mass is 9.86. The molecule has 2 saturated heterocycles. The average molecular weight is 487 g/mol. The van der Waals surface area contributed by atoms with Gasteiger partial charge in [-0.25, -0.2) is 14.7 Å². The molecule has 186 valence electrons. The predicted molar refractivity (Wildman–Crippen MR) is 123 cm³/mol. The molecule has 2 heterocycles. The zero-order chi connectivity index (χ0) is 24.9. The van der Waals surface area contributed by atoms with Gasteiger partial charge in [0.25, 0.3) is 0 Å². The minimum atomic E-state index is -1.39. The van der Waals surface area contributed by atoms with Crippen LogP contribution in [0.2, 0.25) is 0 Å². The third-order valence-corrected chi connectivity index (χ3v) is 6.39. The van der Waals surface area contributed by atoms with Crippen LogP contribution in [0.1, 0.15) is 6.42 Å². The summed E-state index contributed by atoms with van der Waals surface area (Å²) in [7, 11) is 0. The van der Waals surface area contributed by atoms with Crippen LogP contribution in [0.15, 0.2) is 54.6 Å². The topological polar surface area (TPSA) is 123 Å². The Morgan fingerprint density at radius 3 is 2.34 bits per heavy atom. The SMILES string of the molecule is O=C(NO)[C@H]1C[C@H](Oc2cccc(F)c2)CN(C(=O)O)[C@@H]1C(=O)N1CCN(c2ccccc2)CC1. The first-order valence-corrected chi connectivity index (χ1v) is 11.3. The van der Waals surface area contributed by atoms with Gasteiger partial charge >= 0.3 is 6.09 Å². The first-order valence-electron chi connectivity index (χ1n) is 11.3. The third kappa shape index (κ3) is 5.46. The predicted octanol–water partition coefficient (Wildman–Crippen LogP) is 1.80. The van der Waals surface area contributed by atoms with E-state index in [1.165, 1.54) is 18.2 Å². The van der Waals surface area contributed by atoms with Crippen LogP contribution in [0.3, 0.4) is 0 Å². The number of nitrogens with one attached hydrogen (secondary N) is 1. The number of carbonyl (C=O) groups excluding carboxylic acids is 2. The molecule has 0 saturated carbocycles. The van der Waals surface area contributed by atoms with Crippen molar-refractivity contribution in [2.24, 2.45) is 5.92 Å². The Hall–Kier alpha value is -3.86. The number of hydrogen-bond acceptors (Lipinski definition) is 6. The highest BCUT2D eigenvalue weighted by Crippen LogP contribution is 2.30. The number of halogens is 1. The second-order valence-electron chi connectivity index (χ2n) is 8.54. The van der Waals surface area contributed by atoms with E-state index in [9.17, 15) is 29.1 Å². The summed E-state index contributed by atoms with van der Waals surface area (Å²) < 4.78 is 19.3. The number of carbonyl (C=O) groups is 3. The fraction of sp³-hybridized carbons (Fsp3) is 0.375. The lowest BCUT2D eigenvalue weighted by Crippen LogP contribution is -2.64. The van der Waals surface area contributed by atoms with Crippen molar-refractivity contribution in [3.63, 3.8) is 0 Å². The highest BCUT2D eigenvalue weighted by atomic mass is 19.1. The van der Waals surface area contributed by atoms with E-state index >= 15 is 0 Å². The summed E-state index contributed by atoms with van der Waals surface area (Å²) in [6.07, 6.45) is -2.25. The number of likely N-dealkylation sites (tertiary alicyclic amines) is 1. The Balaban J connectivity index is 1.51. The molecule has 2 aromatic carbocycles. The lowest BCUT2D eigenvalue weighted by molar-refractivity contribution is -0.150. The number of nitrogens with zero attached hydrogens (tertiary/aromatic N) is 3. The van der Waals surface area contributed by atoms with Gasteiger partial charge in [-0.3, -0.25) is 19.7 Å². The Labute approximate surface area is 201 Å². The van der Waals surface area contributed by atoms with E-state index < -0.39 is 41.8 Å². The normalized spacial score (nSPS) is 22.5. The number of para-hydroxylation sites is 1. The maximum atomic E-state index is 13.6. The van der Waals surface area contributed by atoms with Gasteiger partial charge in [-0.15, -0.1) is 0 Å². The molecular weight excluding hydrogens is 459 g/mol. The molecule has 35 heavy (non-hydrogen) atoms. The molecule has 0 bridgehead atoms. The number of ether oxygens (including phenoxy) is 1. The molecule has 3 atom stereocenters. The van der Waals surface area contributed by atoms with Crippen molar-refractivity contribution >= 4 is 23.6 Å². The zero-order valence-electron chi connectivity index (χ0n) is 18.9. The molecule has 2 aliphatic rings. The molecule has 11 heteroatoms. The first-order chi connectivity index (χ1) is 16.9. The van der Waals surface area contributed by atoms with Crippen molar-refractivity contribution in [2.75, 3.05) is 37.6 Å². The zero-order valence-corrected chi connectivity index (χ0v) is 18.9. The summed E-state index contributed by atoms with van der Waals surface area (Å²) >= 11 is 0. The Bertz CT molecular complexity index is 1060. The second kappa shape index (κ2) is 10.6. The largest absolute Gasteiger partial charge is 0.488 e. The number of anilines is 1. The van der Waals surface area contributed by atoms with E-state index in [-0.39, 0.29) is 18.7 Å². The van der Waals surface area contributed by atoms with Crippen LogP contribution < -0.4 is 15.1 Å². The number of benzene rings is 2. The Morgan fingerprint density at radius 2 is 1.71 bits per heavy atom. The molecule has 2 aromatic rings. The molecule has 3 amide bonds. The van der Waals surface area contributed by atoms with Gasteiger partial charge in [0.05, 0.1) is 12.5 Å². The van der Waals surface area contributed by atoms with E-state index in [0.29, 0.717) is 26.2 Å². The number of piperazine rings is 1. The van der Waals surface area contributed by atoms with Crippen LogP contribution in [0.4, 0.5) is 14.9 Å². The Morgan fingerprint density at radius 1 is 1.00 bits per heavy atom. The van der Waals surface area contributed by atoms with Gasteiger partial charge in [0.2, 0.25) is 11.8 Å². The van der Waals surface area contributed by atoms with E-state index in [4.69, 9.17) is 4.74 Å². The van der Waals surface area contributed by atoms with Crippen molar-refractivity contribution in [3.8, 4) is 5.75 Å². The molecule has 2 fully saturated rings. The van der Waals surface area contributed by atoms with Gasteiger partial charge in [-0.2, -0.15) is 0 Å². The molecule has 2 aliphatic heterocycles. The van der Waals surface area contributed by atoms with E-state index in [2.05, 4.69) is 4.90 Å². The van der Waals surface area contributed by atoms with Crippen molar-refractivity contribution in [2.45, 2.75) is 18.6 Å². The number of carboxylic acid groups (broad SMARTS) is 1. The number of rotatable bonds is 5. The van der Waals surface area contributed by atoms with Gasteiger partial charge in [0.15, 0.2) is 0 Å². The average Bonchev–Trinajstić information content (AvgIpc) is 2.88. The highest BCUT2D eigenvalue weighted by molar-refractivity contribution is 5.92. The van der Waals surface area contributed by atoms with E-state index in [1.807, 2.05) is 30.3 Å². The quantitative estimate of drug-likeness (QED) is 0.435. The third-order valence-electron chi connectivity index (χ3n) is 6.39. The van der Waals surface area contributed by atoms with E-state index in [1.54, 1.807) is 10.4 Å². The summed E-state index contributed by atoms with van der Waals surface area (Å²) in [5.41, 5.74) is 2.58. The van der Waals surface area contributed by atoms with Crippen LogP contribution >= 0.6 is 0 Å². The minimum Gasteiger partial charge on any atom is -0.488 e. The number of hydrogen-bond donors (Lipinski definition) is 3. The van der Waals surface area contributed by atoms with Gasteiger partial charge in [-0.05, 0) is 24.3 Å². The van der Waals surface area contributed by atoms with Crippen LogP contribution in [-0.4, -0.2) is 82.9 Å². The van der Waals surface area contributed by atoms with Crippen LogP contribution in [0, 0.1) is 11.7 Å². The fourth-order valence-electron chi connectivity index (χ4n) is 4.70. The number of amides is 3. The van der Waals surface area contributed by atoms with Crippen LogP contribution in [-0.2, 0) is 9.59 Å². The van der Waals surface area contributed by atoms with E-state index in [0.717, 1.165) is 16.7 Å². The maximum absolute atomic E-state index is 13.6. The van der Waals surface area contributed by atoms with Gasteiger partial charge in [-0.1, -0.05) is 24.3 Å². The van der Waals surface area contributed by atoms with Crippen molar-refractivity contribution in [1.82, 2.24) is 15.3 Å². The van der Waals surface area contributed by atoms with Crippen LogP contribution in [0.25, 0.3) is 0 Å². The first kappa shape index (κ1) is 24.3. The second-order valence-corrected chi connectivity index (χ2v) is 8.54. The molecule has 0 radical (unpaired) electrons. The van der Waals surface area contributed by atoms with Crippen molar-refractivity contribution in [3.05, 3.63) is 60.4 Å². The van der Waals surface area contributed by atoms with Crippen molar-refractivity contribution < 1.29 is 33.8 Å². The van der Waals surface area contributed by atoms with Gasteiger partial charge < -0.3 is 19.6 Å². The summed E-state index contributed by atoms with van der Waals surface area (Å²) in [5, 5.41) is 19.2. The van der Waals surface area contributed by atoms with Crippen molar-refractivity contribution in [1.29, 1.82) is 0 Å². The summed E-state index contributed by atoms with van der Waals surface area (Å²) in [6, 6.07) is 13.8. The standard InChI is InChI=1S/C24H27FN4O6/c25-16-5-4-8-18(13-16)35-19-14-20(22(30)26-34)21(29(15-19)24(32)33)23(31)28-11-9-27(10-12-28)17-6-2-1-3-7-17/h1-8,13,19-21,34H,9-12,14-15H2,(H,26,30)(H,32,33)/t19-,20-,21-/m0/s1. The van der Waals surface area contributed by atoms with Crippen LogP contribution in [0.5, 0.6) is 5.75 Å². The molecule has 0 aromatic heterocycles. The highest BCUT2D eigenvalue weighted by Gasteiger charge is 2.48. The fourth-order valence-corrected chi connectivity index (χ4v) is 4.70.